The average Bonchev–Trinajstić information content (AvgIpc) is 2.84. The molecule has 0 saturated carbocycles. The molecule has 7 heteroatoms. The molecule has 0 spiro atoms. The highest BCUT2D eigenvalue weighted by molar-refractivity contribution is 6.42. The van der Waals surface area contributed by atoms with Crippen LogP contribution in [0.3, 0.4) is 0 Å². The monoisotopic (exact) mass is 364 g/mol. The minimum absolute atomic E-state index is 0.138. The summed E-state index contributed by atoms with van der Waals surface area (Å²) < 4.78 is 10.6. The van der Waals surface area contributed by atoms with Gasteiger partial charge in [-0.15, -0.1) is 0 Å². The topological polar surface area (TPSA) is 72.8 Å². The summed E-state index contributed by atoms with van der Waals surface area (Å²) >= 11 is 11.8. The average molecular weight is 365 g/mol. The number of fused-ring (bicyclic) bond motifs is 1. The Morgan fingerprint density at radius 1 is 1.17 bits per heavy atom. The van der Waals surface area contributed by atoms with E-state index in [9.17, 15) is 9.59 Å². The lowest BCUT2D eigenvalue weighted by Gasteiger charge is -2.04. The maximum Gasteiger partial charge on any atom is 0.341 e. The van der Waals surface area contributed by atoms with Gasteiger partial charge >= 0.3 is 5.97 Å². The summed E-state index contributed by atoms with van der Waals surface area (Å²) in [5.41, 5.74) is 1.05. The van der Waals surface area contributed by atoms with Crippen molar-refractivity contribution in [2.24, 2.45) is 0 Å². The first kappa shape index (κ1) is 16.4. The Balaban J connectivity index is 1.85. The van der Waals surface area contributed by atoms with Crippen LogP contribution in [0.5, 0.6) is 11.5 Å². The summed E-state index contributed by atoms with van der Waals surface area (Å²) in [6.45, 7) is -0.474. The van der Waals surface area contributed by atoms with Gasteiger partial charge < -0.3 is 14.6 Å². The lowest BCUT2D eigenvalue weighted by molar-refractivity contribution is -0.139. The van der Waals surface area contributed by atoms with Crippen molar-refractivity contribution in [1.82, 2.24) is 0 Å². The third-order valence-corrected chi connectivity index (χ3v) is 3.98. The summed E-state index contributed by atoms with van der Waals surface area (Å²) in [7, 11) is 0. The Kier molecular flexibility index (Phi) is 4.46. The van der Waals surface area contributed by atoms with Gasteiger partial charge in [0.1, 0.15) is 11.5 Å². The summed E-state index contributed by atoms with van der Waals surface area (Å²) in [4.78, 5) is 22.9. The number of allylic oxidation sites excluding steroid dienone is 1. The molecule has 0 radical (unpaired) electrons. The molecule has 0 amide bonds. The Bertz CT molecular complexity index is 873. The number of halogens is 2. The normalized spacial score (nSPS) is 14.4. The van der Waals surface area contributed by atoms with E-state index < -0.39 is 12.6 Å². The van der Waals surface area contributed by atoms with E-state index in [1.54, 1.807) is 24.3 Å². The molecule has 1 heterocycles. The number of hydrogen-bond acceptors (Lipinski definition) is 4. The number of rotatable bonds is 4. The molecule has 0 bridgehead atoms. The fraction of sp³-hybridized carbons (Fsp3) is 0.0588. The van der Waals surface area contributed by atoms with Crippen LogP contribution < -0.4 is 9.47 Å². The standard InChI is InChI=1S/C17H10Cl2O5/c18-12-4-1-9(5-13(12)19)6-15-17(22)11-3-2-10(7-14(11)24-15)23-8-16(20)21/h1-7H,8H2,(H,20,21). The number of Topliss-reactive ketones (excluding diaryl/α,β-unsaturated/α-hetero) is 1. The van der Waals surface area contributed by atoms with Gasteiger partial charge in [0, 0.05) is 6.07 Å². The number of ketones is 1. The van der Waals surface area contributed by atoms with Crippen molar-refractivity contribution in [2.45, 2.75) is 0 Å². The van der Waals surface area contributed by atoms with Crippen molar-refractivity contribution in [3.05, 3.63) is 63.3 Å². The number of carboxylic acid groups (broad SMARTS) is 1. The van der Waals surface area contributed by atoms with Crippen molar-refractivity contribution in [3.63, 3.8) is 0 Å². The molecule has 2 aromatic rings. The zero-order chi connectivity index (χ0) is 17.3. The molecule has 0 atom stereocenters. The lowest BCUT2D eigenvalue weighted by atomic mass is 10.1. The number of carboxylic acids is 1. The molecule has 0 unspecified atom stereocenters. The first-order valence-corrected chi connectivity index (χ1v) is 7.57. The van der Waals surface area contributed by atoms with Crippen LogP contribution in [0, 0.1) is 0 Å². The van der Waals surface area contributed by atoms with Crippen molar-refractivity contribution in [1.29, 1.82) is 0 Å². The molecule has 1 aliphatic heterocycles. The van der Waals surface area contributed by atoms with Gasteiger partial charge in [-0.1, -0.05) is 29.3 Å². The van der Waals surface area contributed by atoms with Gasteiger partial charge in [0.2, 0.25) is 5.78 Å². The van der Waals surface area contributed by atoms with Crippen LogP contribution in [0.25, 0.3) is 6.08 Å². The predicted octanol–water partition coefficient (Wildman–Crippen LogP) is 4.07. The highest BCUT2D eigenvalue weighted by atomic mass is 35.5. The van der Waals surface area contributed by atoms with Crippen molar-refractivity contribution >= 4 is 41.0 Å². The number of hydrogen-bond donors (Lipinski definition) is 1. The second-order valence-electron chi connectivity index (χ2n) is 4.95. The number of ether oxygens (including phenoxy) is 2. The maximum atomic E-state index is 12.3. The summed E-state index contributed by atoms with van der Waals surface area (Å²) in [6.07, 6.45) is 1.56. The molecule has 0 aromatic heterocycles. The number of carbonyl (C=O) groups is 2. The van der Waals surface area contributed by atoms with Gasteiger partial charge in [-0.2, -0.15) is 0 Å². The van der Waals surface area contributed by atoms with Crippen LogP contribution in [0.2, 0.25) is 10.0 Å². The Morgan fingerprint density at radius 3 is 2.67 bits per heavy atom. The molecule has 0 fully saturated rings. The van der Waals surface area contributed by atoms with E-state index in [4.69, 9.17) is 37.8 Å². The first-order valence-electron chi connectivity index (χ1n) is 6.82. The smallest absolute Gasteiger partial charge is 0.341 e. The molecule has 122 valence electrons. The molecule has 3 rings (SSSR count). The highest BCUT2D eigenvalue weighted by Gasteiger charge is 2.27. The van der Waals surface area contributed by atoms with Crippen molar-refractivity contribution in [2.75, 3.05) is 6.61 Å². The number of carbonyl (C=O) groups excluding carboxylic acids is 1. The molecule has 0 aliphatic carbocycles. The third-order valence-electron chi connectivity index (χ3n) is 3.25. The van der Waals surface area contributed by atoms with E-state index in [0.29, 0.717) is 32.7 Å². The van der Waals surface area contributed by atoms with Gasteiger partial charge in [-0.05, 0) is 35.9 Å². The van der Waals surface area contributed by atoms with Gasteiger partial charge in [0.05, 0.1) is 15.6 Å². The van der Waals surface area contributed by atoms with Gasteiger partial charge in [0.25, 0.3) is 0 Å². The maximum absolute atomic E-state index is 12.3. The molecule has 1 aliphatic rings. The van der Waals surface area contributed by atoms with Gasteiger partial charge in [-0.3, -0.25) is 4.79 Å². The van der Waals surface area contributed by atoms with Crippen molar-refractivity contribution < 1.29 is 24.2 Å². The minimum Gasteiger partial charge on any atom is -0.482 e. The van der Waals surface area contributed by atoms with Crippen LogP contribution in [-0.2, 0) is 4.79 Å². The van der Waals surface area contributed by atoms with E-state index in [2.05, 4.69) is 0 Å². The fourth-order valence-corrected chi connectivity index (χ4v) is 2.46. The molecule has 2 aromatic carbocycles. The van der Waals surface area contributed by atoms with Crippen LogP contribution in [0.4, 0.5) is 0 Å². The quantitative estimate of drug-likeness (QED) is 0.827. The zero-order valence-corrected chi connectivity index (χ0v) is 13.6. The lowest BCUT2D eigenvalue weighted by Crippen LogP contribution is -2.09. The van der Waals surface area contributed by atoms with Crippen molar-refractivity contribution in [3.8, 4) is 11.5 Å². The largest absolute Gasteiger partial charge is 0.482 e. The van der Waals surface area contributed by atoms with E-state index in [1.807, 2.05) is 0 Å². The zero-order valence-electron chi connectivity index (χ0n) is 12.1. The van der Waals surface area contributed by atoms with Crippen LogP contribution >= 0.6 is 23.2 Å². The Hall–Kier alpha value is -2.50. The minimum atomic E-state index is -1.09. The van der Waals surface area contributed by atoms with Gasteiger partial charge in [-0.25, -0.2) is 4.79 Å². The molecule has 0 saturated heterocycles. The predicted molar refractivity (Wildman–Crippen MR) is 89.0 cm³/mol. The Morgan fingerprint density at radius 2 is 1.96 bits per heavy atom. The first-order chi connectivity index (χ1) is 11.4. The van der Waals surface area contributed by atoms with E-state index >= 15 is 0 Å². The SMILES string of the molecule is O=C(O)COc1ccc2c(c1)OC(=Cc1ccc(Cl)c(Cl)c1)C2=O. The number of aliphatic carboxylic acids is 1. The Labute approximate surface area is 147 Å². The van der Waals surface area contributed by atoms with Crippen LogP contribution in [0.1, 0.15) is 15.9 Å². The molecular weight excluding hydrogens is 355 g/mol. The van der Waals surface area contributed by atoms with E-state index in [1.165, 1.54) is 18.2 Å². The van der Waals surface area contributed by atoms with Gasteiger partial charge in [0.15, 0.2) is 12.4 Å². The third kappa shape index (κ3) is 3.37. The highest BCUT2D eigenvalue weighted by Crippen LogP contribution is 2.35. The summed E-state index contributed by atoms with van der Waals surface area (Å²) in [5.74, 6) is -0.610. The van der Waals surface area contributed by atoms with Crippen LogP contribution in [0.15, 0.2) is 42.2 Å². The summed E-state index contributed by atoms with van der Waals surface area (Å²) in [6, 6.07) is 9.49. The molecule has 5 nitrogen and oxygen atoms in total. The number of benzene rings is 2. The fourth-order valence-electron chi connectivity index (χ4n) is 2.16. The molecule has 1 N–H and O–H groups in total. The van der Waals surface area contributed by atoms with Crippen LogP contribution in [-0.4, -0.2) is 23.5 Å². The van der Waals surface area contributed by atoms with E-state index in [0.717, 1.165) is 0 Å². The summed E-state index contributed by atoms with van der Waals surface area (Å²) in [5, 5.41) is 9.41. The second-order valence-corrected chi connectivity index (χ2v) is 5.77. The molecular formula is C17H10Cl2O5. The molecule has 24 heavy (non-hydrogen) atoms. The second kappa shape index (κ2) is 6.55. The van der Waals surface area contributed by atoms with E-state index in [-0.39, 0.29) is 11.5 Å².